The fraction of sp³-hybridized carbons (Fsp3) is 0.286. The minimum atomic E-state index is -0.0199. The highest BCUT2D eigenvalue weighted by atomic mass is 16.2. The van der Waals surface area contributed by atoms with Crippen LogP contribution in [0.15, 0.2) is 67.1 Å². The molecule has 138 valence electrons. The molecule has 0 aliphatic carbocycles. The monoisotopic (exact) mass is 361 g/mol. The molecule has 6 nitrogen and oxygen atoms in total. The van der Waals surface area contributed by atoms with Gasteiger partial charge in [0.25, 0.3) is 5.91 Å². The van der Waals surface area contributed by atoms with E-state index in [1.165, 1.54) is 5.69 Å². The predicted octanol–water partition coefficient (Wildman–Crippen LogP) is 3.01. The molecule has 0 radical (unpaired) electrons. The third-order valence-corrected chi connectivity index (χ3v) is 5.12. The molecule has 3 aromatic rings. The van der Waals surface area contributed by atoms with E-state index in [1.807, 2.05) is 30.1 Å². The summed E-state index contributed by atoms with van der Waals surface area (Å²) in [7, 11) is 1.89. The number of aromatic nitrogens is 3. The molecule has 27 heavy (non-hydrogen) atoms. The van der Waals surface area contributed by atoms with Crippen LogP contribution in [0.4, 0.5) is 5.69 Å². The van der Waals surface area contributed by atoms with Gasteiger partial charge in [-0.05, 0) is 43.2 Å². The minimum absolute atomic E-state index is 0.0199. The number of carbonyl (C=O) groups is 1. The van der Waals surface area contributed by atoms with Crippen LogP contribution in [0.1, 0.15) is 23.2 Å². The van der Waals surface area contributed by atoms with Gasteiger partial charge in [0.15, 0.2) is 5.82 Å². The molecule has 0 spiro atoms. The topological polar surface area (TPSA) is 54.3 Å². The van der Waals surface area contributed by atoms with E-state index in [1.54, 1.807) is 29.3 Å². The standard InChI is InChI=1S/C21H23N5O/c1-24(18-10-6-14-25(16-18)17-8-3-2-4-9-17)21(27)19-11-5-12-22-20(19)26-15-7-13-23-26/h2-5,7-9,11-13,15,18H,6,10,14,16H2,1H3. The third kappa shape index (κ3) is 3.56. The molecule has 0 bridgehead atoms. The third-order valence-electron chi connectivity index (χ3n) is 5.12. The molecule has 1 aromatic carbocycles. The molecule has 3 heterocycles. The first kappa shape index (κ1) is 17.3. The summed E-state index contributed by atoms with van der Waals surface area (Å²) in [5.74, 6) is 0.545. The molecule has 6 heteroatoms. The number of nitrogens with zero attached hydrogens (tertiary/aromatic N) is 5. The van der Waals surface area contributed by atoms with Crippen LogP contribution in [0.3, 0.4) is 0 Å². The van der Waals surface area contributed by atoms with Gasteiger partial charge in [-0.25, -0.2) is 9.67 Å². The van der Waals surface area contributed by atoms with Crippen molar-refractivity contribution >= 4 is 11.6 Å². The Morgan fingerprint density at radius 3 is 2.74 bits per heavy atom. The van der Waals surface area contributed by atoms with Gasteiger partial charge < -0.3 is 9.80 Å². The number of piperidine rings is 1. The minimum Gasteiger partial charge on any atom is -0.369 e. The zero-order chi connectivity index (χ0) is 18.6. The van der Waals surface area contributed by atoms with Crippen molar-refractivity contribution in [3.8, 4) is 5.82 Å². The van der Waals surface area contributed by atoms with Crippen LogP contribution in [0.25, 0.3) is 5.82 Å². The van der Waals surface area contributed by atoms with Crippen LogP contribution >= 0.6 is 0 Å². The lowest BCUT2D eigenvalue weighted by Crippen LogP contribution is -2.48. The summed E-state index contributed by atoms with van der Waals surface area (Å²) in [6.07, 6.45) is 7.24. The summed E-state index contributed by atoms with van der Waals surface area (Å²) < 4.78 is 1.64. The van der Waals surface area contributed by atoms with Crippen molar-refractivity contribution in [2.24, 2.45) is 0 Å². The molecule has 1 saturated heterocycles. The van der Waals surface area contributed by atoms with Gasteiger partial charge in [0, 0.05) is 50.5 Å². The van der Waals surface area contributed by atoms with Crippen molar-refractivity contribution in [1.82, 2.24) is 19.7 Å². The van der Waals surface area contributed by atoms with Gasteiger partial charge in [-0.1, -0.05) is 18.2 Å². The van der Waals surface area contributed by atoms with E-state index in [9.17, 15) is 4.79 Å². The van der Waals surface area contributed by atoms with E-state index in [0.717, 1.165) is 25.9 Å². The SMILES string of the molecule is CN(C(=O)c1cccnc1-n1cccn1)C1CCCN(c2ccccc2)C1. The Morgan fingerprint density at radius 1 is 1.11 bits per heavy atom. The number of likely N-dealkylation sites (N-methyl/N-ethyl adjacent to an activating group) is 1. The normalized spacial score (nSPS) is 16.9. The maximum absolute atomic E-state index is 13.2. The molecule has 4 rings (SSSR count). The van der Waals surface area contributed by atoms with E-state index in [0.29, 0.717) is 11.4 Å². The number of amides is 1. The van der Waals surface area contributed by atoms with Gasteiger partial charge in [0.2, 0.25) is 0 Å². The van der Waals surface area contributed by atoms with E-state index >= 15 is 0 Å². The van der Waals surface area contributed by atoms with Crippen LogP contribution in [0.5, 0.6) is 0 Å². The molecule has 0 N–H and O–H groups in total. The predicted molar refractivity (Wildman–Crippen MR) is 105 cm³/mol. The van der Waals surface area contributed by atoms with Gasteiger partial charge in [-0.2, -0.15) is 5.10 Å². The van der Waals surface area contributed by atoms with Crippen molar-refractivity contribution in [3.63, 3.8) is 0 Å². The molecule has 1 aliphatic rings. The number of para-hydroxylation sites is 1. The number of pyridine rings is 1. The number of benzene rings is 1. The zero-order valence-corrected chi connectivity index (χ0v) is 15.4. The van der Waals surface area contributed by atoms with Crippen molar-refractivity contribution in [3.05, 3.63) is 72.7 Å². The van der Waals surface area contributed by atoms with Crippen molar-refractivity contribution in [2.45, 2.75) is 18.9 Å². The Hall–Kier alpha value is -3.15. The average Bonchev–Trinajstić information content (AvgIpc) is 3.28. The molecule has 1 aliphatic heterocycles. The second-order valence-electron chi connectivity index (χ2n) is 6.82. The molecular weight excluding hydrogens is 338 g/mol. The summed E-state index contributed by atoms with van der Waals surface area (Å²) >= 11 is 0. The molecule has 1 unspecified atom stereocenters. The Labute approximate surface area is 159 Å². The second kappa shape index (κ2) is 7.61. The second-order valence-corrected chi connectivity index (χ2v) is 6.82. The Balaban J connectivity index is 1.55. The van der Waals surface area contributed by atoms with Crippen LogP contribution < -0.4 is 4.90 Å². The summed E-state index contributed by atoms with van der Waals surface area (Å²) in [5.41, 5.74) is 1.78. The van der Waals surface area contributed by atoms with E-state index in [2.05, 4.69) is 39.2 Å². The average molecular weight is 361 g/mol. The number of anilines is 1. The molecule has 1 amide bonds. The maximum Gasteiger partial charge on any atom is 0.257 e. The fourth-order valence-electron chi connectivity index (χ4n) is 3.64. The van der Waals surface area contributed by atoms with Crippen molar-refractivity contribution in [2.75, 3.05) is 25.0 Å². The maximum atomic E-state index is 13.2. The largest absolute Gasteiger partial charge is 0.369 e. The van der Waals surface area contributed by atoms with Crippen LogP contribution in [0, 0.1) is 0 Å². The summed E-state index contributed by atoms with van der Waals surface area (Å²) in [6.45, 7) is 1.86. The van der Waals surface area contributed by atoms with Crippen LogP contribution in [-0.2, 0) is 0 Å². The van der Waals surface area contributed by atoms with E-state index in [4.69, 9.17) is 0 Å². The van der Waals surface area contributed by atoms with Gasteiger partial charge in [0.1, 0.15) is 0 Å². The number of carbonyl (C=O) groups excluding carboxylic acids is 1. The highest BCUT2D eigenvalue weighted by Gasteiger charge is 2.28. The lowest BCUT2D eigenvalue weighted by atomic mass is 10.0. The van der Waals surface area contributed by atoms with E-state index in [-0.39, 0.29) is 11.9 Å². The van der Waals surface area contributed by atoms with Crippen LogP contribution in [-0.4, -0.2) is 51.8 Å². The lowest BCUT2D eigenvalue weighted by molar-refractivity contribution is 0.0717. The first-order valence-electron chi connectivity index (χ1n) is 9.26. The summed E-state index contributed by atoms with van der Waals surface area (Å²) in [5, 5.41) is 4.23. The molecule has 0 saturated carbocycles. The summed E-state index contributed by atoms with van der Waals surface area (Å²) in [4.78, 5) is 21.8. The van der Waals surface area contributed by atoms with Crippen LogP contribution in [0.2, 0.25) is 0 Å². The Bertz CT molecular complexity index is 894. The van der Waals surface area contributed by atoms with Gasteiger partial charge in [0.05, 0.1) is 5.56 Å². The molecule has 2 aromatic heterocycles. The Kier molecular flexibility index (Phi) is 4.87. The molecular formula is C21H23N5O. The highest BCUT2D eigenvalue weighted by molar-refractivity contribution is 5.97. The fourth-order valence-corrected chi connectivity index (χ4v) is 3.64. The zero-order valence-electron chi connectivity index (χ0n) is 15.4. The van der Waals surface area contributed by atoms with Crippen molar-refractivity contribution in [1.29, 1.82) is 0 Å². The molecule has 1 atom stereocenters. The van der Waals surface area contributed by atoms with Crippen molar-refractivity contribution < 1.29 is 4.79 Å². The molecule has 1 fully saturated rings. The first-order valence-corrected chi connectivity index (χ1v) is 9.26. The number of hydrogen-bond acceptors (Lipinski definition) is 4. The van der Waals surface area contributed by atoms with Gasteiger partial charge >= 0.3 is 0 Å². The Morgan fingerprint density at radius 2 is 1.96 bits per heavy atom. The lowest BCUT2D eigenvalue weighted by Gasteiger charge is -2.39. The summed E-state index contributed by atoms with van der Waals surface area (Å²) in [6, 6.07) is 16.0. The quantitative estimate of drug-likeness (QED) is 0.717. The first-order chi connectivity index (χ1) is 13.2. The van der Waals surface area contributed by atoms with Gasteiger partial charge in [-0.15, -0.1) is 0 Å². The van der Waals surface area contributed by atoms with E-state index < -0.39 is 0 Å². The number of hydrogen-bond donors (Lipinski definition) is 0. The highest BCUT2D eigenvalue weighted by Crippen LogP contribution is 2.23. The smallest absolute Gasteiger partial charge is 0.257 e. The number of rotatable bonds is 4. The van der Waals surface area contributed by atoms with Gasteiger partial charge in [-0.3, -0.25) is 4.79 Å².